The van der Waals surface area contributed by atoms with Gasteiger partial charge in [-0.3, -0.25) is 0 Å². The van der Waals surface area contributed by atoms with Gasteiger partial charge in [0.25, 0.3) is 0 Å². The fraction of sp³-hybridized carbons (Fsp3) is 0.435. The number of piperidine rings is 1. The van der Waals surface area contributed by atoms with Crippen LogP contribution in [-0.4, -0.2) is 43.8 Å². The monoisotopic (exact) mass is 421 g/mol. The zero-order valence-electron chi connectivity index (χ0n) is 17.5. The standard InChI is InChI=1S/C23H27N5O3/c1-14(29)22-25-8-9-27(22)11-17-10-21(31-26-17)16-5-2-15(3-6-16)4-7-18-19-12-28(23(24)30)13-20(18)19/h2-3,5-6,8-10,14,18-20,29H,4,7,11-13H2,1H3,(H2,24,30)/t14-,18?,19-,20+/m0/s1. The topological polar surface area (TPSA) is 110 Å². The maximum absolute atomic E-state index is 11.2. The number of aliphatic hydroxyl groups excluding tert-OH is 1. The summed E-state index contributed by atoms with van der Waals surface area (Å²) in [7, 11) is 0. The molecule has 5 rings (SSSR count). The Morgan fingerprint density at radius 1 is 1.29 bits per heavy atom. The van der Waals surface area contributed by atoms with Gasteiger partial charge in [0.1, 0.15) is 17.6 Å². The number of hydrogen-bond donors (Lipinski definition) is 2. The molecule has 1 unspecified atom stereocenters. The molecule has 1 aliphatic carbocycles. The summed E-state index contributed by atoms with van der Waals surface area (Å²) < 4.78 is 7.41. The van der Waals surface area contributed by atoms with Crippen LogP contribution in [0.25, 0.3) is 11.3 Å². The third-order valence-corrected chi connectivity index (χ3v) is 6.70. The maximum atomic E-state index is 11.2. The van der Waals surface area contributed by atoms with Gasteiger partial charge in [0.2, 0.25) is 0 Å². The molecule has 2 aromatic heterocycles. The molecule has 1 aromatic carbocycles. The van der Waals surface area contributed by atoms with Crippen LogP contribution in [0.2, 0.25) is 0 Å². The van der Waals surface area contributed by atoms with Crippen molar-refractivity contribution in [3.05, 3.63) is 59.8 Å². The number of fused-ring (bicyclic) bond motifs is 1. The van der Waals surface area contributed by atoms with Gasteiger partial charge in [0.15, 0.2) is 5.76 Å². The molecule has 2 fully saturated rings. The van der Waals surface area contributed by atoms with Crippen molar-refractivity contribution in [3.63, 3.8) is 0 Å². The highest BCUT2D eigenvalue weighted by atomic mass is 16.5. The Balaban J connectivity index is 1.16. The zero-order valence-corrected chi connectivity index (χ0v) is 17.5. The predicted molar refractivity (Wildman–Crippen MR) is 114 cm³/mol. The van der Waals surface area contributed by atoms with Crippen molar-refractivity contribution < 1.29 is 14.4 Å². The molecule has 0 bridgehead atoms. The first-order valence-corrected chi connectivity index (χ1v) is 10.8. The van der Waals surface area contributed by atoms with Crippen LogP contribution in [0.5, 0.6) is 0 Å². The van der Waals surface area contributed by atoms with Crippen molar-refractivity contribution in [2.24, 2.45) is 23.5 Å². The molecule has 3 aromatic rings. The fourth-order valence-corrected chi connectivity index (χ4v) is 4.95. The second kappa shape index (κ2) is 7.85. The van der Waals surface area contributed by atoms with Crippen LogP contribution in [0.3, 0.4) is 0 Å². The molecule has 0 radical (unpaired) electrons. The summed E-state index contributed by atoms with van der Waals surface area (Å²) in [5.74, 6) is 3.34. The maximum Gasteiger partial charge on any atom is 0.314 e. The van der Waals surface area contributed by atoms with E-state index in [1.54, 1.807) is 18.0 Å². The highest BCUT2D eigenvalue weighted by Crippen LogP contribution is 2.53. The second-order valence-electron chi connectivity index (χ2n) is 8.74. The second-order valence-corrected chi connectivity index (χ2v) is 8.74. The number of urea groups is 1. The summed E-state index contributed by atoms with van der Waals surface area (Å²) in [6.07, 6.45) is 5.06. The molecular weight excluding hydrogens is 394 g/mol. The van der Waals surface area contributed by atoms with Crippen molar-refractivity contribution in [1.82, 2.24) is 19.6 Å². The predicted octanol–water partition coefficient (Wildman–Crippen LogP) is 2.83. The number of likely N-dealkylation sites (tertiary alicyclic amines) is 1. The quantitative estimate of drug-likeness (QED) is 0.609. The molecule has 162 valence electrons. The van der Waals surface area contributed by atoms with Crippen LogP contribution in [0.15, 0.2) is 47.2 Å². The number of aryl methyl sites for hydroxylation is 1. The molecule has 31 heavy (non-hydrogen) atoms. The molecule has 1 saturated heterocycles. The first kappa shape index (κ1) is 19.8. The lowest BCUT2D eigenvalue weighted by Gasteiger charge is -2.16. The van der Waals surface area contributed by atoms with Gasteiger partial charge in [-0.25, -0.2) is 9.78 Å². The number of primary amides is 1. The number of aromatic nitrogens is 3. The van der Waals surface area contributed by atoms with E-state index in [1.807, 2.05) is 16.8 Å². The average molecular weight is 422 g/mol. The molecule has 8 heteroatoms. The molecule has 8 nitrogen and oxygen atoms in total. The summed E-state index contributed by atoms with van der Waals surface area (Å²) in [6, 6.07) is 10.1. The van der Waals surface area contributed by atoms with Gasteiger partial charge >= 0.3 is 6.03 Å². The molecule has 0 spiro atoms. The summed E-state index contributed by atoms with van der Waals surface area (Å²) in [6.45, 7) is 3.85. The number of imidazole rings is 1. The Hall–Kier alpha value is -3.13. The SMILES string of the molecule is C[C@H](O)c1nccn1Cc1cc(-c2ccc(CCC3[C@H]4CN(C(N)=O)C[C@@H]34)cc2)on1. The lowest BCUT2D eigenvalue weighted by Crippen LogP contribution is -2.35. The number of benzene rings is 1. The molecule has 2 amide bonds. The van der Waals surface area contributed by atoms with E-state index in [1.165, 1.54) is 5.56 Å². The number of aliphatic hydroxyl groups is 1. The van der Waals surface area contributed by atoms with Gasteiger partial charge in [-0.2, -0.15) is 0 Å². The number of nitrogens with two attached hydrogens (primary N) is 1. The number of carbonyl (C=O) groups excluding carboxylic acids is 1. The Kier molecular flexibility index (Phi) is 5.02. The van der Waals surface area contributed by atoms with Gasteiger partial charge < -0.3 is 24.8 Å². The van der Waals surface area contributed by atoms with E-state index in [9.17, 15) is 9.90 Å². The van der Waals surface area contributed by atoms with Gasteiger partial charge in [-0.1, -0.05) is 29.4 Å². The Morgan fingerprint density at radius 2 is 2.03 bits per heavy atom. The van der Waals surface area contributed by atoms with Crippen molar-refractivity contribution >= 4 is 6.03 Å². The van der Waals surface area contributed by atoms with Gasteiger partial charge in [0.05, 0.1) is 6.54 Å². The van der Waals surface area contributed by atoms with Crippen LogP contribution >= 0.6 is 0 Å². The lowest BCUT2D eigenvalue weighted by molar-refractivity contribution is 0.184. The van der Waals surface area contributed by atoms with Crippen LogP contribution in [-0.2, 0) is 13.0 Å². The summed E-state index contributed by atoms with van der Waals surface area (Å²) in [5, 5.41) is 14.0. The smallest absolute Gasteiger partial charge is 0.314 e. The fourth-order valence-electron chi connectivity index (χ4n) is 4.95. The highest BCUT2D eigenvalue weighted by Gasteiger charge is 2.55. The van der Waals surface area contributed by atoms with E-state index >= 15 is 0 Å². The normalized spacial score (nSPS) is 23.0. The van der Waals surface area contributed by atoms with Crippen molar-refractivity contribution in [3.8, 4) is 11.3 Å². The molecule has 1 aliphatic heterocycles. The molecular formula is C23H27N5O3. The number of amides is 2. The van der Waals surface area contributed by atoms with E-state index in [4.69, 9.17) is 10.3 Å². The minimum Gasteiger partial charge on any atom is -0.385 e. The molecule has 3 heterocycles. The highest BCUT2D eigenvalue weighted by molar-refractivity contribution is 5.72. The van der Waals surface area contributed by atoms with Crippen LogP contribution < -0.4 is 5.73 Å². The minimum atomic E-state index is -0.633. The Bertz CT molecular complexity index is 1060. The lowest BCUT2D eigenvalue weighted by atomic mass is 10.0. The minimum absolute atomic E-state index is 0.287. The largest absolute Gasteiger partial charge is 0.385 e. The average Bonchev–Trinajstić information content (AvgIpc) is 3.24. The molecule has 1 saturated carbocycles. The van der Waals surface area contributed by atoms with Gasteiger partial charge in [0, 0.05) is 37.1 Å². The van der Waals surface area contributed by atoms with Crippen LogP contribution in [0, 0.1) is 17.8 Å². The van der Waals surface area contributed by atoms with Crippen LogP contribution in [0.1, 0.15) is 36.5 Å². The van der Waals surface area contributed by atoms with Crippen molar-refractivity contribution in [2.45, 2.75) is 32.4 Å². The van der Waals surface area contributed by atoms with E-state index in [0.717, 1.165) is 48.9 Å². The molecule has 2 aliphatic rings. The Labute approximate surface area is 180 Å². The molecule has 3 N–H and O–H groups in total. The van der Waals surface area contributed by atoms with Gasteiger partial charge in [-0.15, -0.1) is 0 Å². The number of nitrogens with zero attached hydrogens (tertiary/aromatic N) is 4. The first-order chi connectivity index (χ1) is 15.0. The third-order valence-electron chi connectivity index (χ3n) is 6.70. The summed E-state index contributed by atoms with van der Waals surface area (Å²) in [5.41, 5.74) is 8.44. The van der Waals surface area contributed by atoms with Crippen molar-refractivity contribution in [2.75, 3.05) is 13.1 Å². The number of rotatable bonds is 7. The molecule has 4 atom stereocenters. The first-order valence-electron chi connectivity index (χ1n) is 10.8. The van der Waals surface area contributed by atoms with E-state index in [0.29, 0.717) is 24.2 Å². The summed E-state index contributed by atoms with van der Waals surface area (Å²) in [4.78, 5) is 17.2. The van der Waals surface area contributed by atoms with E-state index < -0.39 is 6.10 Å². The zero-order chi connectivity index (χ0) is 21.5. The third kappa shape index (κ3) is 3.95. The number of hydrogen-bond acceptors (Lipinski definition) is 5. The van der Waals surface area contributed by atoms with Crippen molar-refractivity contribution in [1.29, 1.82) is 0 Å². The number of carbonyl (C=O) groups is 1. The van der Waals surface area contributed by atoms with Crippen LogP contribution in [0.4, 0.5) is 4.79 Å². The van der Waals surface area contributed by atoms with E-state index in [2.05, 4.69) is 34.4 Å². The summed E-state index contributed by atoms with van der Waals surface area (Å²) >= 11 is 0. The van der Waals surface area contributed by atoms with Gasteiger partial charge in [-0.05, 0) is 43.1 Å². The van der Waals surface area contributed by atoms with E-state index in [-0.39, 0.29) is 6.03 Å². The Morgan fingerprint density at radius 3 is 2.71 bits per heavy atom.